The Morgan fingerprint density at radius 1 is 1.21 bits per heavy atom. The first-order chi connectivity index (χ1) is 19.1. The number of hydrogen-bond acceptors (Lipinski definition) is 7. The molecule has 3 aromatic heterocycles. The zero-order valence-corrected chi connectivity index (χ0v) is 21.6. The average Bonchev–Trinajstić information content (AvgIpc) is 3.54. The third-order valence-electron chi connectivity index (χ3n) is 6.48. The van der Waals surface area contributed by atoms with Gasteiger partial charge in [-0.15, -0.1) is 12.8 Å². The minimum atomic E-state index is -0.232. The Kier molecular flexibility index (Phi) is 8.85. The van der Waals surface area contributed by atoms with Crippen molar-refractivity contribution in [3.8, 4) is 24.9 Å². The van der Waals surface area contributed by atoms with Crippen LogP contribution in [0.15, 0.2) is 59.8 Å². The van der Waals surface area contributed by atoms with E-state index < -0.39 is 0 Å². The first kappa shape index (κ1) is 27.3. The maximum absolute atomic E-state index is 12.2. The van der Waals surface area contributed by atoms with Crippen LogP contribution in [0.2, 0.25) is 0 Å². The predicted octanol–water partition coefficient (Wildman–Crippen LogP) is 3.67. The Hall–Kier alpha value is -4.77. The number of terminal acetylenes is 1. The van der Waals surface area contributed by atoms with Crippen molar-refractivity contribution >= 4 is 22.2 Å². The van der Waals surface area contributed by atoms with Crippen LogP contribution >= 0.6 is 0 Å². The Bertz CT molecular complexity index is 1690. The number of rotatable bonds is 5. The molecule has 10 nitrogen and oxygen atoms in total. The summed E-state index contributed by atoms with van der Waals surface area (Å²) >= 11 is 0. The SMILES string of the molecule is C#C.COCCCn1c(=O)[nH]c2nc(-n3cnc4ccc(C#N)cc43)ncc21.O[C@@H]1CCCc2ccccc21. The molecule has 0 fully saturated rings. The Morgan fingerprint density at radius 3 is 2.79 bits per heavy atom. The summed E-state index contributed by atoms with van der Waals surface area (Å²) in [5.74, 6) is 0.375. The lowest BCUT2D eigenvalue weighted by Crippen LogP contribution is -2.17. The van der Waals surface area contributed by atoms with Gasteiger partial charge < -0.3 is 9.84 Å². The fraction of sp³-hybridized carbons (Fsp3) is 0.276. The van der Waals surface area contributed by atoms with Crippen LogP contribution in [0.3, 0.4) is 0 Å². The molecule has 1 aliphatic carbocycles. The van der Waals surface area contributed by atoms with Crippen molar-refractivity contribution in [2.24, 2.45) is 0 Å². The molecule has 0 bridgehead atoms. The molecule has 39 heavy (non-hydrogen) atoms. The van der Waals surface area contributed by atoms with Crippen LogP contribution in [-0.4, -0.2) is 47.9 Å². The summed E-state index contributed by atoms with van der Waals surface area (Å²) in [4.78, 5) is 28.1. The molecule has 2 aromatic carbocycles. The fourth-order valence-electron chi connectivity index (χ4n) is 4.60. The number of nitrogens with one attached hydrogen (secondary N) is 1. The topological polar surface area (TPSA) is 135 Å². The van der Waals surface area contributed by atoms with Crippen molar-refractivity contribution in [2.45, 2.75) is 38.3 Å². The number of fused-ring (bicyclic) bond motifs is 3. The second kappa shape index (κ2) is 12.7. The molecule has 1 atom stereocenters. The van der Waals surface area contributed by atoms with Gasteiger partial charge in [0.1, 0.15) is 11.8 Å². The van der Waals surface area contributed by atoms with Crippen molar-refractivity contribution in [1.82, 2.24) is 29.1 Å². The molecule has 0 spiro atoms. The van der Waals surface area contributed by atoms with E-state index in [1.807, 2.05) is 18.2 Å². The van der Waals surface area contributed by atoms with Gasteiger partial charge in [-0.1, -0.05) is 24.3 Å². The molecule has 3 heterocycles. The molecule has 0 amide bonds. The molecule has 10 heteroatoms. The van der Waals surface area contributed by atoms with Crippen molar-refractivity contribution in [2.75, 3.05) is 13.7 Å². The van der Waals surface area contributed by atoms with Crippen LogP contribution in [0.4, 0.5) is 0 Å². The highest BCUT2D eigenvalue weighted by molar-refractivity contribution is 5.79. The number of aromatic amines is 1. The van der Waals surface area contributed by atoms with Crippen molar-refractivity contribution in [3.63, 3.8) is 0 Å². The summed E-state index contributed by atoms with van der Waals surface area (Å²) in [5.41, 5.74) is 5.31. The summed E-state index contributed by atoms with van der Waals surface area (Å²) in [7, 11) is 1.63. The van der Waals surface area contributed by atoms with Crippen molar-refractivity contribution < 1.29 is 9.84 Å². The van der Waals surface area contributed by atoms with Gasteiger partial charge in [0.2, 0.25) is 5.95 Å². The number of benzene rings is 2. The second-order valence-electron chi connectivity index (χ2n) is 8.87. The summed E-state index contributed by atoms with van der Waals surface area (Å²) < 4.78 is 8.32. The van der Waals surface area contributed by atoms with Crippen LogP contribution in [0.25, 0.3) is 28.1 Å². The predicted molar refractivity (Wildman–Crippen MR) is 148 cm³/mol. The number of methoxy groups -OCH3 is 1. The van der Waals surface area contributed by atoms with Crippen LogP contribution in [0.5, 0.6) is 0 Å². The number of nitriles is 1. The molecule has 198 valence electrons. The molecular formula is C29H29N7O3. The van der Waals surface area contributed by atoms with E-state index in [1.165, 1.54) is 5.56 Å². The molecule has 2 N–H and O–H groups in total. The molecular weight excluding hydrogens is 494 g/mol. The summed E-state index contributed by atoms with van der Waals surface area (Å²) in [6, 6.07) is 15.5. The summed E-state index contributed by atoms with van der Waals surface area (Å²) in [6.45, 7) is 1.09. The molecule has 0 saturated carbocycles. The number of aliphatic hydroxyl groups is 1. The van der Waals surface area contributed by atoms with E-state index in [0.717, 1.165) is 35.9 Å². The van der Waals surface area contributed by atoms with Crippen LogP contribution in [-0.2, 0) is 17.7 Å². The van der Waals surface area contributed by atoms with E-state index in [-0.39, 0.29) is 11.8 Å². The van der Waals surface area contributed by atoms with Gasteiger partial charge in [0, 0.05) is 20.3 Å². The number of nitrogens with zero attached hydrogens (tertiary/aromatic N) is 6. The highest BCUT2D eigenvalue weighted by Crippen LogP contribution is 2.28. The Morgan fingerprint density at radius 2 is 2.03 bits per heavy atom. The zero-order chi connectivity index (χ0) is 27.8. The number of H-pyrrole nitrogens is 1. The number of ether oxygens (including phenoxy) is 1. The minimum absolute atomic E-state index is 0.208. The normalized spacial score (nSPS) is 14.0. The van der Waals surface area contributed by atoms with E-state index in [9.17, 15) is 9.90 Å². The fourth-order valence-corrected chi connectivity index (χ4v) is 4.60. The molecule has 6 rings (SSSR count). The number of aliphatic hydroxyl groups excluding tert-OH is 1. The molecule has 0 radical (unpaired) electrons. The largest absolute Gasteiger partial charge is 0.388 e. The van der Waals surface area contributed by atoms with Gasteiger partial charge in [0.05, 0.1) is 35.0 Å². The maximum Gasteiger partial charge on any atom is 0.327 e. The van der Waals surface area contributed by atoms with Crippen molar-refractivity contribution in [3.05, 3.63) is 82.2 Å². The lowest BCUT2D eigenvalue weighted by Gasteiger charge is -2.20. The summed E-state index contributed by atoms with van der Waals surface area (Å²) in [5, 5.41) is 18.7. The molecule has 0 aliphatic heterocycles. The van der Waals surface area contributed by atoms with E-state index in [2.05, 4.69) is 44.9 Å². The molecule has 5 aromatic rings. The van der Waals surface area contributed by atoms with Gasteiger partial charge in [-0.2, -0.15) is 10.2 Å². The monoisotopic (exact) mass is 523 g/mol. The van der Waals surface area contributed by atoms with Gasteiger partial charge in [-0.05, 0) is 55.0 Å². The third-order valence-corrected chi connectivity index (χ3v) is 6.48. The van der Waals surface area contributed by atoms with Crippen LogP contribution < -0.4 is 5.69 Å². The van der Waals surface area contributed by atoms with Crippen LogP contribution in [0, 0.1) is 24.2 Å². The van der Waals surface area contributed by atoms with Gasteiger partial charge in [0.25, 0.3) is 0 Å². The minimum Gasteiger partial charge on any atom is -0.388 e. The molecule has 0 unspecified atom stereocenters. The van der Waals surface area contributed by atoms with Gasteiger partial charge in [0.15, 0.2) is 5.65 Å². The number of aryl methyl sites for hydroxylation is 2. The second-order valence-corrected chi connectivity index (χ2v) is 8.87. The first-order valence-electron chi connectivity index (χ1n) is 12.5. The lowest BCUT2D eigenvalue weighted by molar-refractivity contribution is 0.156. The summed E-state index contributed by atoms with van der Waals surface area (Å²) in [6.07, 6.45) is 14.9. The van der Waals surface area contributed by atoms with E-state index in [1.54, 1.807) is 47.0 Å². The van der Waals surface area contributed by atoms with Gasteiger partial charge in [-0.25, -0.2) is 14.8 Å². The Labute approximate surface area is 225 Å². The van der Waals surface area contributed by atoms with Gasteiger partial charge in [-0.3, -0.25) is 14.1 Å². The zero-order valence-electron chi connectivity index (χ0n) is 21.6. The molecule has 1 aliphatic rings. The standard InChI is InChI=1S/C17H15N7O2.C10H12O.C2H2/c1-26-6-2-5-23-14-9-19-16(21-15(14)22-17(23)25)24-10-20-12-4-3-11(8-18)7-13(12)24;11-10-7-3-5-8-4-1-2-6-9(8)10;1-2/h3-4,7,9-10H,2,5-6H2,1H3,(H,19,21,22,25);1-2,4,6,10-11H,3,5,7H2;1-2H/t;10-;/m.1./s1. The third kappa shape index (κ3) is 5.88. The Balaban J connectivity index is 0.000000226. The highest BCUT2D eigenvalue weighted by Gasteiger charge is 2.16. The number of hydrogen-bond donors (Lipinski definition) is 2. The van der Waals surface area contributed by atoms with Gasteiger partial charge >= 0.3 is 5.69 Å². The highest BCUT2D eigenvalue weighted by atomic mass is 16.5. The molecule has 0 saturated heterocycles. The smallest absolute Gasteiger partial charge is 0.327 e. The first-order valence-corrected chi connectivity index (χ1v) is 12.5. The van der Waals surface area contributed by atoms with E-state index in [4.69, 9.17) is 10.00 Å². The van der Waals surface area contributed by atoms with Crippen molar-refractivity contribution in [1.29, 1.82) is 5.26 Å². The maximum atomic E-state index is 12.2. The average molecular weight is 524 g/mol. The number of imidazole rings is 2. The number of aromatic nitrogens is 6. The van der Waals surface area contributed by atoms with E-state index in [0.29, 0.717) is 42.2 Å². The lowest BCUT2D eigenvalue weighted by atomic mass is 9.90. The quantitative estimate of drug-likeness (QED) is 0.265. The van der Waals surface area contributed by atoms with E-state index >= 15 is 0 Å². The van der Waals surface area contributed by atoms with Crippen LogP contribution in [0.1, 0.15) is 42.1 Å².